The number of fused-ring (bicyclic) bond motifs is 1. The van der Waals surface area contributed by atoms with E-state index in [9.17, 15) is 0 Å². The normalized spacial score (nSPS) is 23.9. The van der Waals surface area contributed by atoms with Crippen LogP contribution >= 0.6 is 0 Å². The Labute approximate surface area is 107 Å². The zero-order chi connectivity index (χ0) is 12.6. The lowest BCUT2D eigenvalue weighted by Gasteiger charge is -2.25. The maximum absolute atomic E-state index is 4.57. The first-order valence-corrected chi connectivity index (χ1v) is 6.65. The number of hydrogen-bond donors (Lipinski definition) is 1. The highest BCUT2D eigenvalue weighted by atomic mass is 15.4. The Hall–Kier alpha value is -1.49. The quantitative estimate of drug-likeness (QED) is 0.889. The van der Waals surface area contributed by atoms with Gasteiger partial charge in [-0.1, -0.05) is 13.3 Å². The summed E-state index contributed by atoms with van der Waals surface area (Å²) in [4.78, 5) is 0. The van der Waals surface area contributed by atoms with Crippen molar-refractivity contribution in [1.82, 2.24) is 25.1 Å². The topological polar surface area (TPSA) is 55.1 Å². The van der Waals surface area contributed by atoms with Crippen molar-refractivity contribution in [1.29, 1.82) is 0 Å². The SMILES string of the molecule is CCCC1(c2nnc3ccc(C)nn23)CCNC1. The van der Waals surface area contributed by atoms with Gasteiger partial charge in [-0.25, -0.2) is 0 Å². The van der Waals surface area contributed by atoms with Gasteiger partial charge >= 0.3 is 0 Å². The lowest BCUT2D eigenvalue weighted by atomic mass is 9.82. The first-order chi connectivity index (χ1) is 8.75. The molecule has 1 aliphatic heterocycles. The molecule has 0 amide bonds. The third-order valence-corrected chi connectivity index (χ3v) is 3.84. The third kappa shape index (κ3) is 1.70. The monoisotopic (exact) mass is 245 g/mol. The zero-order valence-corrected chi connectivity index (χ0v) is 11.0. The Morgan fingerprint density at radius 2 is 2.28 bits per heavy atom. The Morgan fingerprint density at radius 1 is 1.39 bits per heavy atom. The van der Waals surface area contributed by atoms with E-state index in [2.05, 4.69) is 27.5 Å². The number of aryl methyl sites for hydroxylation is 1. The molecule has 1 atom stereocenters. The van der Waals surface area contributed by atoms with Crippen LogP contribution in [0.25, 0.3) is 5.65 Å². The summed E-state index contributed by atoms with van der Waals surface area (Å²) < 4.78 is 1.93. The van der Waals surface area contributed by atoms with E-state index in [0.717, 1.165) is 49.5 Å². The van der Waals surface area contributed by atoms with Crippen LogP contribution in [0.1, 0.15) is 37.7 Å². The van der Waals surface area contributed by atoms with Crippen molar-refractivity contribution in [3.63, 3.8) is 0 Å². The van der Waals surface area contributed by atoms with Crippen LogP contribution in [0.5, 0.6) is 0 Å². The van der Waals surface area contributed by atoms with Gasteiger partial charge < -0.3 is 5.32 Å². The molecule has 1 saturated heterocycles. The van der Waals surface area contributed by atoms with E-state index in [0.29, 0.717) is 0 Å². The second-order valence-corrected chi connectivity index (χ2v) is 5.23. The molecule has 0 aliphatic carbocycles. The van der Waals surface area contributed by atoms with Crippen LogP contribution < -0.4 is 5.32 Å². The van der Waals surface area contributed by atoms with Crippen LogP contribution in [-0.2, 0) is 5.41 Å². The minimum atomic E-state index is 0.106. The summed E-state index contributed by atoms with van der Waals surface area (Å²) in [7, 11) is 0. The van der Waals surface area contributed by atoms with Gasteiger partial charge in [0.1, 0.15) is 0 Å². The van der Waals surface area contributed by atoms with Crippen LogP contribution in [0.4, 0.5) is 0 Å². The Balaban J connectivity index is 2.14. The highest BCUT2D eigenvalue weighted by Gasteiger charge is 2.39. The van der Waals surface area contributed by atoms with Gasteiger partial charge in [0.15, 0.2) is 11.5 Å². The fourth-order valence-electron chi connectivity index (χ4n) is 2.95. The van der Waals surface area contributed by atoms with Crippen molar-refractivity contribution in [2.45, 2.75) is 38.5 Å². The summed E-state index contributed by atoms with van der Waals surface area (Å²) in [5.41, 5.74) is 1.95. The second kappa shape index (κ2) is 4.31. The summed E-state index contributed by atoms with van der Waals surface area (Å²) in [6.45, 7) is 6.27. The largest absolute Gasteiger partial charge is 0.316 e. The molecule has 1 N–H and O–H groups in total. The van der Waals surface area contributed by atoms with Crippen LogP contribution in [-0.4, -0.2) is 32.9 Å². The minimum absolute atomic E-state index is 0.106. The molecule has 0 aromatic carbocycles. The number of rotatable bonds is 3. The van der Waals surface area contributed by atoms with Gasteiger partial charge in [0.05, 0.1) is 5.69 Å². The predicted octanol–water partition coefficient (Wildman–Crippen LogP) is 1.46. The van der Waals surface area contributed by atoms with Crippen molar-refractivity contribution in [3.8, 4) is 0 Å². The lowest BCUT2D eigenvalue weighted by molar-refractivity contribution is 0.393. The molecular weight excluding hydrogens is 226 g/mol. The van der Waals surface area contributed by atoms with E-state index < -0.39 is 0 Å². The van der Waals surface area contributed by atoms with Crippen molar-refractivity contribution in [3.05, 3.63) is 23.7 Å². The van der Waals surface area contributed by atoms with E-state index in [-0.39, 0.29) is 5.41 Å². The maximum Gasteiger partial charge on any atom is 0.177 e. The van der Waals surface area contributed by atoms with Gasteiger partial charge in [0, 0.05) is 12.0 Å². The molecular formula is C13H19N5. The molecule has 0 bridgehead atoms. The molecule has 3 rings (SSSR count). The molecule has 18 heavy (non-hydrogen) atoms. The lowest BCUT2D eigenvalue weighted by Crippen LogP contribution is -2.31. The van der Waals surface area contributed by atoms with Crippen molar-refractivity contribution in [2.24, 2.45) is 0 Å². The zero-order valence-electron chi connectivity index (χ0n) is 11.0. The van der Waals surface area contributed by atoms with E-state index in [1.807, 2.05) is 23.6 Å². The Kier molecular flexibility index (Phi) is 2.78. The average molecular weight is 245 g/mol. The summed E-state index contributed by atoms with van der Waals surface area (Å²) >= 11 is 0. The molecule has 3 heterocycles. The summed E-state index contributed by atoms with van der Waals surface area (Å²) in [5.74, 6) is 1.02. The highest BCUT2D eigenvalue weighted by molar-refractivity contribution is 5.37. The van der Waals surface area contributed by atoms with Crippen LogP contribution in [0, 0.1) is 6.92 Å². The van der Waals surface area contributed by atoms with E-state index >= 15 is 0 Å². The molecule has 1 unspecified atom stereocenters. The number of nitrogens with one attached hydrogen (secondary N) is 1. The molecule has 2 aromatic heterocycles. The van der Waals surface area contributed by atoms with Crippen LogP contribution in [0.2, 0.25) is 0 Å². The summed E-state index contributed by atoms with van der Waals surface area (Å²) in [6.07, 6.45) is 3.41. The van der Waals surface area contributed by atoms with Gasteiger partial charge in [0.25, 0.3) is 0 Å². The number of aromatic nitrogens is 4. The maximum atomic E-state index is 4.57. The van der Waals surface area contributed by atoms with E-state index in [1.54, 1.807) is 0 Å². The third-order valence-electron chi connectivity index (χ3n) is 3.84. The van der Waals surface area contributed by atoms with E-state index in [4.69, 9.17) is 0 Å². The van der Waals surface area contributed by atoms with Gasteiger partial charge in [-0.15, -0.1) is 10.2 Å². The molecule has 96 valence electrons. The Morgan fingerprint density at radius 3 is 3.00 bits per heavy atom. The van der Waals surface area contributed by atoms with Gasteiger partial charge in [0.2, 0.25) is 0 Å². The molecule has 0 radical (unpaired) electrons. The van der Waals surface area contributed by atoms with E-state index in [1.165, 1.54) is 0 Å². The Bertz CT molecular complexity index is 554. The first kappa shape index (κ1) is 11.6. The molecule has 1 fully saturated rings. The summed E-state index contributed by atoms with van der Waals surface area (Å²) in [6, 6.07) is 3.97. The highest BCUT2D eigenvalue weighted by Crippen LogP contribution is 2.34. The fraction of sp³-hybridized carbons (Fsp3) is 0.615. The van der Waals surface area contributed by atoms with Gasteiger partial charge in [-0.05, 0) is 38.4 Å². The molecule has 0 saturated carbocycles. The second-order valence-electron chi connectivity index (χ2n) is 5.23. The molecule has 2 aromatic rings. The van der Waals surface area contributed by atoms with Crippen LogP contribution in [0.3, 0.4) is 0 Å². The first-order valence-electron chi connectivity index (χ1n) is 6.65. The van der Waals surface area contributed by atoms with Crippen molar-refractivity contribution in [2.75, 3.05) is 13.1 Å². The van der Waals surface area contributed by atoms with Gasteiger partial charge in [-0.2, -0.15) is 9.61 Å². The van der Waals surface area contributed by atoms with Crippen LogP contribution in [0.15, 0.2) is 12.1 Å². The molecule has 0 spiro atoms. The van der Waals surface area contributed by atoms with Crippen molar-refractivity contribution < 1.29 is 0 Å². The average Bonchev–Trinajstić information content (AvgIpc) is 2.96. The number of nitrogens with zero attached hydrogens (tertiary/aromatic N) is 4. The molecule has 5 nitrogen and oxygen atoms in total. The van der Waals surface area contributed by atoms with Crippen molar-refractivity contribution >= 4 is 5.65 Å². The predicted molar refractivity (Wildman–Crippen MR) is 69.6 cm³/mol. The van der Waals surface area contributed by atoms with Gasteiger partial charge in [-0.3, -0.25) is 0 Å². The standard InChI is InChI=1S/C13H19N5/c1-3-6-13(7-8-14-9-13)12-16-15-11-5-4-10(2)17-18(11)12/h4-5,14H,3,6-9H2,1-2H3. The number of hydrogen-bond acceptors (Lipinski definition) is 4. The smallest absolute Gasteiger partial charge is 0.177 e. The fourth-order valence-corrected chi connectivity index (χ4v) is 2.95. The summed E-state index contributed by atoms with van der Waals surface area (Å²) in [5, 5.41) is 16.7. The molecule has 1 aliphatic rings. The minimum Gasteiger partial charge on any atom is -0.316 e. The molecule has 5 heteroatoms.